The van der Waals surface area contributed by atoms with E-state index in [1.807, 2.05) is 0 Å². The van der Waals surface area contributed by atoms with E-state index in [9.17, 15) is 13.2 Å². The molecule has 1 heterocycles. The van der Waals surface area contributed by atoms with Crippen molar-refractivity contribution in [2.24, 2.45) is 0 Å². The second-order valence-corrected chi connectivity index (χ2v) is 9.39. The van der Waals surface area contributed by atoms with Crippen LogP contribution in [0.15, 0.2) is 24.3 Å². The van der Waals surface area contributed by atoms with Crippen molar-refractivity contribution in [1.82, 2.24) is 19.4 Å². The van der Waals surface area contributed by atoms with E-state index in [-0.39, 0.29) is 12.5 Å². The van der Waals surface area contributed by atoms with E-state index in [4.69, 9.17) is 4.74 Å². The molecule has 9 heteroatoms. The fourth-order valence-electron chi connectivity index (χ4n) is 2.87. The van der Waals surface area contributed by atoms with Crippen LogP contribution in [0.4, 0.5) is 0 Å². The highest BCUT2D eigenvalue weighted by molar-refractivity contribution is 7.88. The van der Waals surface area contributed by atoms with Crippen LogP contribution in [-0.4, -0.2) is 94.7 Å². The number of benzene rings is 1. The molecular weight excluding hydrogens is 380 g/mol. The number of rotatable bonds is 10. The molecule has 1 amide bonds. The predicted octanol–water partition coefficient (Wildman–Crippen LogP) is 0.211. The number of nitrogens with zero attached hydrogens (tertiary/aromatic N) is 3. The Kier molecular flexibility index (Phi) is 8.68. The summed E-state index contributed by atoms with van der Waals surface area (Å²) >= 11 is 0. The molecule has 0 unspecified atom stereocenters. The van der Waals surface area contributed by atoms with Crippen LogP contribution in [0.2, 0.25) is 0 Å². The highest BCUT2D eigenvalue weighted by Crippen LogP contribution is 2.14. The van der Waals surface area contributed by atoms with E-state index < -0.39 is 10.0 Å². The number of ether oxygens (including phenoxy) is 1. The second kappa shape index (κ2) is 10.8. The zero-order valence-electron chi connectivity index (χ0n) is 17.1. The van der Waals surface area contributed by atoms with Crippen LogP contribution in [0.1, 0.15) is 12.0 Å². The van der Waals surface area contributed by atoms with E-state index in [0.29, 0.717) is 18.8 Å². The molecule has 1 saturated heterocycles. The third-order valence-electron chi connectivity index (χ3n) is 4.83. The van der Waals surface area contributed by atoms with Gasteiger partial charge in [0.25, 0.3) is 5.91 Å². The van der Waals surface area contributed by atoms with Crippen molar-refractivity contribution < 1.29 is 17.9 Å². The summed E-state index contributed by atoms with van der Waals surface area (Å²) in [5.74, 6) is 0.442. The number of sulfonamides is 1. The first-order valence-electron chi connectivity index (χ1n) is 9.54. The van der Waals surface area contributed by atoms with Crippen LogP contribution in [0, 0.1) is 0 Å². The maximum absolute atomic E-state index is 11.9. The van der Waals surface area contributed by atoms with E-state index in [0.717, 1.165) is 44.7 Å². The molecule has 8 nitrogen and oxygen atoms in total. The molecule has 0 aromatic heterocycles. The smallest absolute Gasteiger partial charge is 0.257 e. The SMILES string of the molecule is CN1CCN(CCCNC(=O)COc2ccc(CN(C)S(C)(=O)=O)cc2)CC1. The minimum absolute atomic E-state index is 0.0307. The number of hydrogen-bond acceptors (Lipinski definition) is 6. The average molecular weight is 413 g/mol. The first-order valence-corrected chi connectivity index (χ1v) is 11.4. The zero-order valence-corrected chi connectivity index (χ0v) is 17.9. The first kappa shape index (κ1) is 22.6. The summed E-state index contributed by atoms with van der Waals surface area (Å²) in [6.07, 6.45) is 2.10. The lowest BCUT2D eigenvalue weighted by Crippen LogP contribution is -2.45. The highest BCUT2D eigenvalue weighted by atomic mass is 32.2. The molecule has 28 heavy (non-hydrogen) atoms. The molecule has 158 valence electrons. The van der Waals surface area contributed by atoms with E-state index in [1.54, 1.807) is 24.3 Å². The standard InChI is InChI=1S/C19H32N4O4S/c1-21-11-13-23(14-12-21)10-4-9-20-19(24)16-27-18-7-5-17(6-8-18)15-22(2)28(3,25)26/h5-8H,4,9-16H2,1-3H3,(H,20,24). The van der Waals surface area contributed by atoms with Crippen LogP contribution >= 0.6 is 0 Å². The summed E-state index contributed by atoms with van der Waals surface area (Å²) in [6.45, 7) is 6.29. The fourth-order valence-corrected chi connectivity index (χ4v) is 3.25. The molecule has 0 bridgehead atoms. The summed E-state index contributed by atoms with van der Waals surface area (Å²) in [5, 5.41) is 2.88. The number of nitrogens with one attached hydrogen (secondary N) is 1. The third kappa shape index (κ3) is 8.14. The van der Waals surface area contributed by atoms with Crippen LogP contribution in [0.5, 0.6) is 5.75 Å². The van der Waals surface area contributed by atoms with Gasteiger partial charge in [-0.3, -0.25) is 4.79 Å². The van der Waals surface area contributed by atoms with Crippen molar-refractivity contribution in [2.75, 3.05) is 66.2 Å². The van der Waals surface area contributed by atoms with Gasteiger partial charge in [0.2, 0.25) is 10.0 Å². The van der Waals surface area contributed by atoms with Crippen LogP contribution in [0.3, 0.4) is 0 Å². The Hall–Kier alpha value is -1.68. The molecular formula is C19H32N4O4S. The molecule has 0 aliphatic carbocycles. The molecule has 0 atom stereocenters. The van der Waals surface area contributed by atoms with Gasteiger partial charge in [0, 0.05) is 46.3 Å². The lowest BCUT2D eigenvalue weighted by Gasteiger charge is -2.32. The van der Waals surface area contributed by atoms with Crippen LogP contribution < -0.4 is 10.1 Å². The lowest BCUT2D eigenvalue weighted by molar-refractivity contribution is -0.123. The van der Waals surface area contributed by atoms with Crippen LogP contribution in [-0.2, 0) is 21.4 Å². The lowest BCUT2D eigenvalue weighted by atomic mass is 10.2. The molecule has 1 N–H and O–H groups in total. The third-order valence-corrected chi connectivity index (χ3v) is 6.10. The summed E-state index contributed by atoms with van der Waals surface area (Å²) in [6, 6.07) is 7.08. The van der Waals surface area contributed by atoms with Crippen molar-refractivity contribution in [1.29, 1.82) is 0 Å². The number of hydrogen-bond donors (Lipinski definition) is 1. The van der Waals surface area contributed by atoms with Crippen molar-refractivity contribution in [3.8, 4) is 5.75 Å². The summed E-state index contributed by atoms with van der Waals surface area (Å²) in [5.41, 5.74) is 0.855. The van der Waals surface area contributed by atoms with Gasteiger partial charge in [-0.2, -0.15) is 0 Å². The van der Waals surface area contributed by atoms with Gasteiger partial charge in [-0.1, -0.05) is 12.1 Å². The van der Waals surface area contributed by atoms with Crippen molar-refractivity contribution >= 4 is 15.9 Å². The Morgan fingerprint density at radius 2 is 1.82 bits per heavy atom. The molecule has 0 saturated carbocycles. The summed E-state index contributed by atoms with van der Waals surface area (Å²) in [7, 11) is 0.464. The van der Waals surface area contributed by atoms with Gasteiger partial charge >= 0.3 is 0 Å². The summed E-state index contributed by atoms with van der Waals surface area (Å²) < 4.78 is 29.7. The maximum atomic E-state index is 11.9. The minimum Gasteiger partial charge on any atom is -0.484 e. The highest BCUT2D eigenvalue weighted by Gasteiger charge is 2.13. The number of carbonyl (C=O) groups is 1. The Balaban J connectivity index is 1.61. The molecule has 1 aromatic carbocycles. The Labute approximate surface area is 168 Å². The topological polar surface area (TPSA) is 82.2 Å². The predicted molar refractivity (Wildman–Crippen MR) is 110 cm³/mol. The molecule has 0 spiro atoms. The Morgan fingerprint density at radius 1 is 1.18 bits per heavy atom. The van der Waals surface area contributed by atoms with Gasteiger partial charge in [-0.15, -0.1) is 0 Å². The minimum atomic E-state index is -3.21. The zero-order chi connectivity index (χ0) is 20.6. The maximum Gasteiger partial charge on any atom is 0.257 e. The number of amides is 1. The molecule has 1 aromatic rings. The van der Waals surface area contributed by atoms with Gasteiger partial charge in [-0.05, 0) is 37.7 Å². The second-order valence-electron chi connectivity index (χ2n) is 7.30. The Bertz CT molecular complexity index is 716. The monoisotopic (exact) mass is 412 g/mol. The quantitative estimate of drug-likeness (QED) is 0.554. The van der Waals surface area contributed by atoms with Gasteiger partial charge in [-0.25, -0.2) is 12.7 Å². The normalized spacial score (nSPS) is 16.3. The van der Waals surface area contributed by atoms with Gasteiger partial charge in [0.15, 0.2) is 6.61 Å². The number of carbonyl (C=O) groups excluding carboxylic acids is 1. The number of piperazine rings is 1. The fraction of sp³-hybridized carbons (Fsp3) is 0.632. The van der Waals surface area contributed by atoms with E-state index in [2.05, 4.69) is 22.2 Å². The van der Waals surface area contributed by atoms with E-state index >= 15 is 0 Å². The first-order chi connectivity index (χ1) is 13.2. The molecule has 1 fully saturated rings. The van der Waals surface area contributed by atoms with Gasteiger partial charge in [0.05, 0.1) is 6.26 Å². The van der Waals surface area contributed by atoms with Crippen LogP contribution in [0.25, 0.3) is 0 Å². The molecule has 0 radical (unpaired) electrons. The van der Waals surface area contributed by atoms with Crippen molar-refractivity contribution in [3.63, 3.8) is 0 Å². The van der Waals surface area contributed by atoms with Crippen molar-refractivity contribution in [3.05, 3.63) is 29.8 Å². The summed E-state index contributed by atoms with van der Waals surface area (Å²) in [4.78, 5) is 16.7. The van der Waals surface area contributed by atoms with E-state index in [1.165, 1.54) is 17.6 Å². The molecule has 1 aliphatic heterocycles. The van der Waals surface area contributed by atoms with Crippen molar-refractivity contribution in [2.45, 2.75) is 13.0 Å². The molecule has 2 rings (SSSR count). The Morgan fingerprint density at radius 3 is 2.43 bits per heavy atom. The molecule has 1 aliphatic rings. The average Bonchev–Trinajstić information content (AvgIpc) is 2.65. The number of likely N-dealkylation sites (N-methyl/N-ethyl adjacent to an activating group) is 1. The largest absolute Gasteiger partial charge is 0.484 e. The van der Waals surface area contributed by atoms with Gasteiger partial charge in [0.1, 0.15) is 5.75 Å². The van der Waals surface area contributed by atoms with Gasteiger partial charge < -0.3 is 19.9 Å².